The van der Waals surface area contributed by atoms with Gasteiger partial charge in [-0.1, -0.05) is 48.5 Å². The van der Waals surface area contributed by atoms with Crippen LogP contribution in [-0.2, 0) is 9.59 Å². The maximum Gasteiger partial charge on any atom is 0.260 e. The summed E-state index contributed by atoms with van der Waals surface area (Å²) in [6.45, 7) is 3.24. The van der Waals surface area contributed by atoms with E-state index in [0.717, 1.165) is 37.1 Å². The van der Waals surface area contributed by atoms with Crippen molar-refractivity contribution in [1.82, 2.24) is 15.1 Å². The molecule has 2 amide bonds. The molecule has 0 saturated carbocycles. The van der Waals surface area contributed by atoms with Gasteiger partial charge in [0.25, 0.3) is 5.91 Å². The first-order chi connectivity index (χ1) is 14.2. The maximum absolute atomic E-state index is 12.8. The maximum atomic E-state index is 12.8. The number of rotatable bonds is 5. The smallest absolute Gasteiger partial charge is 0.260 e. The molecule has 4 rings (SSSR count). The number of hydrogen-bond acceptors (Lipinski definition) is 4. The predicted octanol–water partition coefficient (Wildman–Crippen LogP) is 2.16. The molecule has 0 aliphatic carbocycles. The Bertz CT molecular complexity index is 855. The van der Waals surface area contributed by atoms with Gasteiger partial charge in [0.05, 0.1) is 6.54 Å². The Morgan fingerprint density at radius 3 is 2.69 bits per heavy atom. The summed E-state index contributed by atoms with van der Waals surface area (Å²) < 4.78 is 5.93. The minimum Gasteiger partial charge on any atom is -0.483 e. The number of amides is 2. The largest absolute Gasteiger partial charge is 0.483 e. The third kappa shape index (κ3) is 4.59. The molecule has 2 aliphatic heterocycles. The summed E-state index contributed by atoms with van der Waals surface area (Å²) in [6.07, 6.45) is 1.86. The van der Waals surface area contributed by atoms with E-state index >= 15 is 0 Å². The van der Waals surface area contributed by atoms with Crippen molar-refractivity contribution in [1.29, 1.82) is 0 Å². The molecule has 0 radical (unpaired) electrons. The molecule has 0 aromatic heterocycles. The van der Waals surface area contributed by atoms with E-state index in [1.807, 2.05) is 64.4 Å². The lowest BCUT2D eigenvalue weighted by Crippen LogP contribution is -2.57. The normalized spacial score (nSPS) is 19.9. The molecule has 0 bridgehead atoms. The van der Waals surface area contributed by atoms with Crippen LogP contribution in [0, 0.1) is 0 Å². The number of carbonyl (C=O) groups is 2. The molecular formula is C23H27N3O3. The van der Waals surface area contributed by atoms with E-state index in [1.54, 1.807) is 0 Å². The van der Waals surface area contributed by atoms with Crippen LogP contribution in [0.4, 0.5) is 0 Å². The third-order valence-corrected chi connectivity index (χ3v) is 5.64. The van der Waals surface area contributed by atoms with Crippen LogP contribution in [0.25, 0.3) is 11.1 Å². The molecule has 0 spiro atoms. The van der Waals surface area contributed by atoms with Crippen molar-refractivity contribution in [3.63, 3.8) is 0 Å². The van der Waals surface area contributed by atoms with E-state index in [9.17, 15) is 9.59 Å². The summed E-state index contributed by atoms with van der Waals surface area (Å²) in [4.78, 5) is 28.8. The minimum atomic E-state index is -0.0276. The Kier molecular flexibility index (Phi) is 6.10. The van der Waals surface area contributed by atoms with E-state index in [2.05, 4.69) is 5.32 Å². The summed E-state index contributed by atoms with van der Waals surface area (Å²) in [6, 6.07) is 17.9. The molecule has 2 aromatic rings. The lowest BCUT2D eigenvalue weighted by Gasteiger charge is -2.41. The van der Waals surface area contributed by atoms with Crippen molar-refractivity contribution in [2.24, 2.45) is 0 Å². The first-order valence-corrected chi connectivity index (χ1v) is 10.3. The molecule has 152 valence electrons. The predicted molar refractivity (Wildman–Crippen MR) is 112 cm³/mol. The lowest BCUT2D eigenvalue weighted by molar-refractivity contribution is -0.141. The summed E-state index contributed by atoms with van der Waals surface area (Å²) >= 11 is 0. The molecular weight excluding hydrogens is 366 g/mol. The van der Waals surface area contributed by atoms with Gasteiger partial charge in [-0.2, -0.15) is 0 Å². The number of ether oxygens (including phenoxy) is 1. The molecule has 2 saturated heterocycles. The van der Waals surface area contributed by atoms with E-state index in [-0.39, 0.29) is 24.5 Å². The van der Waals surface area contributed by atoms with E-state index in [0.29, 0.717) is 25.4 Å². The molecule has 6 nitrogen and oxygen atoms in total. The Morgan fingerprint density at radius 1 is 1.07 bits per heavy atom. The number of benzene rings is 2. The average Bonchev–Trinajstić information content (AvgIpc) is 2.78. The Balaban J connectivity index is 1.38. The van der Waals surface area contributed by atoms with E-state index < -0.39 is 0 Å². The zero-order chi connectivity index (χ0) is 20.1. The number of nitrogens with one attached hydrogen (secondary N) is 1. The van der Waals surface area contributed by atoms with Gasteiger partial charge in [-0.25, -0.2) is 0 Å². The van der Waals surface area contributed by atoms with Gasteiger partial charge in [0.15, 0.2) is 6.61 Å². The molecule has 1 atom stereocenters. The second kappa shape index (κ2) is 9.09. The van der Waals surface area contributed by atoms with Gasteiger partial charge in [-0.15, -0.1) is 0 Å². The molecule has 2 heterocycles. The summed E-state index contributed by atoms with van der Waals surface area (Å²) in [5, 5.41) is 3.10. The number of nitrogens with zero attached hydrogens (tertiary/aromatic N) is 2. The SMILES string of the molecule is O=C(COc1ccccc1-c1ccccc1)N1CCCC(N2CCNCC2=O)C1. The number of carbonyl (C=O) groups excluding carboxylic acids is 2. The zero-order valence-electron chi connectivity index (χ0n) is 16.5. The van der Waals surface area contributed by atoms with Gasteiger partial charge < -0.3 is 19.9 Å². The van der Waals surface area contributed by atoms with Crippen LogP contribution in [0.5, 0.6) is 5.75 Å². The Morgan fingerprint density at radius 2 is 1.86 bits per heavy atom. The van der Waals surface area contributed by atoms with Crippen LogP contribution in [0.2, 0.25) is 0 Å². The van der Waals surface area contributed by atoms with Crippen LogP contribution >= 0.6 is 0 Å². The van der Waals surface area contributed by atoms with Crippen LogP contribution in [0.3, 0.4) is 0 Å². The Labute approximate surface area is 171 Å². The van der Waals surface area contributed by atoms with Crippen LogP contribution in [-0.4, -0.2) is 67.0 Å². The van der Waals surface area contributed by atoms with Crippen LogP contribution < -0.4 is 10.1 Å². The lowest BCUT2D eigenvalue weighted by atomic mass is 10.0. The van der Waals surface area contributed by atoms with Crippen LogP contribution in [0.15, 0.2) is 54.6 Å². The third-order valence-electron chi connectivity index (χ3n) is 5.64. The highest BCUT2D eigenvalue weighted by Gasteiger charge is 2.31. The van der Waals surface area contributed by atoms with Crippen molar-refractivity contribution in [3.8, 4) is 16.9 Å². The fourth-order valence-corrected chi connectivity index (χ4v) is 4.12. The molecule has 6 heteroatoms. The van der Waals surface area contributed by atoms with Gasteiger partial charge in [0, 0.05) is 37.8 Å². The van der Waals surface area contributed by atoms with Gasteiger partial charge in [-0.05, 0) is 24.5 Å². The molecule has 2 fully saturated rings. The molecule has 2 aromatic carbocycles. The van der Waals surface area contributed by atoms with E-state index in [4.69, 9.17) is 4.74 Å². The quantitative estimate of drug-likeness (QED) is 0.846. The number of hydrogen-bond donors (Lipinski definition) is 1. The number of piperidine rings is 1. The van der Waals surface area contributed by atoms with Crippen LogP contribution in [0.1, 0.15) is 12.8 Å². The first kappa shape index (κ1) is 19.5. The van der Waals surface area contributed by atoms with Gasteiger partial charge >= 0.3 is 0 Å². The fourth-order valence-electron chi connectivity index (χ4n) is 4.12. The minimum absolute atomic E-state index is 0.00602. The van der Waals surface area contributed by atoms with E-state index in [1.165, 1.54) is 0 Å². The highest BCUT2D eigenvalue weighted by molar-refractivity contribution is 5.80. The second-order valence-electron chi connectivity index (χ2n) is 7.55. The number of likely N-dealkylation sites (tertiary alicyclic amines) is 1. The first-order valence-electron chi connectivity index (χ1n) is 10.3. The average molecular weight is 393 g/mol. The summed E-state index contributed by atoms with van der Waals surface area (Å²) in [5.74, 6) is 0.807. The number of piperazine rings is 1. The van der Waals surface area contributed by atoms with Gasteiger partial charge in [0.1, 0.15) is 5.75 Å². The molecule has 29 heavy (non-hydrogen) atoms. The fraction of sp³-hybridized carbons (Fsp3) is 0.391. The monoisotopic (exact) mass is 393 g/mol. The molecule has 2 aliphatic rings. The summed E-state index contributed by atoms with van der Waals surface area (Å²) in [5.41, 5.74) is 2.04. The number of para-hydroxylation sites is 1. The summed E-state index contributed by atoms with van der Waals surface area (Å²) in [7, 11) is 0. The zero-order valence-corrected chi connectivity index (χ0v) is 16.5. The van der Waals surface area contributed by atoms with Gasteiger partial charge in [-0.3, -0.25) is 9.59 Å². The highest BCUT2D eigenvalue weighted by Crippen LogP contribution is 2.29. The highest BCUT2D eigenvalue weighted by atomic mass is 16.5. The standard InChI is InChI=1S/C23H27N3O3/c27-22-15-24-12-14-26(22)19-9-6-13-25(16-19)23(28)17-29-21-11-5-4-10-20(21)18-7-2-1-3-8-18/h1-5,7-8,10-11,19,24H,6,9,12-17H2. The van der Waals surface area contributed by atoms with Crippen molar-refractivity contribution < 1.29 is 14.3 Å². The van der Waals surface area contributed by atoms with Crippen molar-refractivity contribution in [3.05, 3.63) is 54.6 Å². The van der Waals surface area contributed by atoms with Crippen molar-refractivity contribution >= 4 is 11.8 Å². The topological polar surface area (TPSA) is 61.9 Å². The van der Waals surface area contributed by atoms with Gasteiger partial charge in [0.2, 0.25) is 5.91 Å². The Hall–Kier alpha value is -2.86. The second-order valence-corrected chi connectivity index (χ2v) is 7.55. The van der Waals surface area contributed by atoms with Crippen molar-refractivity contribution in [2.45, 2.75) is 18.9 Å². The van der Waals surface area contributed by atoms with Crippen molar-refractivity contribution in [2.75, 3.05) is 39.3 Å². The molecule has 1 unspecified atom stereocenters. The molecule has 1 N–H and O–H groups in total.